The Morgan fingerprint density at radius 2 is 1.90 bits per heavy atom. The first-order valence-electron chi connectivity index (χ1n) is 10.3. The van der Waals surface area contributed by atoms with Gasteiger partial charge in [-0.05, 0) is 47.7 Å². The third-order valence-electron chi connectivity index (χ3n) is 6.12. The summed E-state index contributed by atoms with van der Waals surface area (Å²) in [6.07, 6.45) is 10.2. The number of hydrogen-bond donors (Lipinski definition) is 1. The molecule has 1 aliphatic heterocycles. The van der Waals surface area contributed by atoms with Crippen molar-refractivity contribution in [3.05, 3.63) is 89.4 Å². The summed E-state index contributed by atoms with van der Waals surface area (Å²) in [5.41, 5.74) is 4.19. The van der Waals surface area contributed by atoms with E-state index in [1.165, 1.54) is 11.1 Å². The highest BCUT2D eigenvalue weighted by Gasteiger charge is 2.38. The molecule has 3 aromatic rings. The van der Waals surface area contributed by atoms with Crippen molar-refractivity contribution in [3.8, 4) is 0 Å². The van der Waals surface area contributed by atoms with Gasteiger partial charge in [0.25, 0.3) is 5.91 Å². The first-order chi connectivity index (χ1) is 14.7. The molecule has 1 N–H and O–H groups in total. The van der Waals surface area contributed by atoms with Crippen LogP contribution in [0.2, 0.25) is 0 Å². The number of pyridine rings is 1. The number of rotatable bonds is 4. The van der Waals surface area contributed by atoms with Gasteiger partial charge >= 0.3 is 0 Å². The first kappa shape index (κ1) is 18.5. The van der Waals surface area contributed by atoms with Crippen LogP contribution in [0.1, 0.15) is 40.0 Å². The predicted molar refractivity (Wildman–Crippen MR) is 116 cm³/mol. The maximum atomic E-state index is 12.3. The van der Waals surface area contributed by atoms with Crippen molar-refractivity contribution in [2.24, 2.45) is 0 Å². The average Bonchev–Trinajstić information content (AvgIpc) is 3.17. The van der Waals surface area contributed by atoms with Crippen molar-refractivity contribution < 1.29 is 4.79 Å². The van der Waals surface area contributed by atoms with Crippen molar-refractivity contribution in [2.45, 2.75) is 24.8 Å². The molecule has 150 valence electrons. The highest BCUT2D eigenvalue weighted by molar-refractivity contribution is 5.92. The number of nitrogens with one attached hydrogen (secondary N) is 1. The van der Waals surface area contributed by atoms with E-state index in [1.54, 1.807) is 18.5 Å². The third-order valence-corrected chi connectivity index (χ3v) is 6.12. The van der Waals surface area contributed by atoms with Crippen molar-refractivity contribution >= 4 is 17.8 Å². The summed E-state index contributed by atoms with van der Waals surface area (Å²) in [4.78, 5) is 18.6. The highest BCUT2D eigenvalue weighted by atomic mass is 16.1. The van der Waals surface area contributed by atoms with Gasteiger partial charge < -0.3 is 10.2 Å². The lowest BCUT2D eigenvalue weighted by Gasteiger charge is -2.39. The molecule has 1 amide bonds. The fraction of sp³-hybridized carbons (Fsp3) is 0.250. The number of hydrogen-bond acceptors (Lipinski definition) is 5. The Morgan fingerprint density at radius 3 is 2.67 bits per heavy atom. The van der Waals surface area contributed by atoms with Gasteiger partial charge in [-0.2, -0.15) is 0 Å². The van der Waals surface area contributed by atoms with Gasteiger partial charge in [0, 0.05) is 37.4 Å². The standard InChI is InChI=1S/C24H23N5O/c30-23(26-17-18-4-3-13-25-16-18)21-7-8-22(28-27-21)29-14-11-24(12-15-29)10-9-19-5-1-2-6-20(19)24/h1-10,13,16H,11-12,14-15,17H2,(H,26,30). The largest absolute Gasteiger partial charge is 0.355 e. The van der Waals surface area contributed by atoms with Crippen LogP contribution in [0.25, 0.3) is 6.08 Å². The van der Waals surface area contributed by atoms with E-state index in [9.17, 15) is 4.79 Å². The fourth-order valence-corrected chi connectivity index (χ4v) is 4.40. The number of carbonyl (C=O) groups is 1. The van der Waals surface area contributed by atoms with Crippen LogP contribution in [-0.2, 0) is 12.0 Å². The number of piperidine rings is 1. The van der Waals surface area contributed by atoms with Gasteiger partial charge in [0.05, 0.1) is 0 Å². The molecule has 0 radical (unpaired) electrons. The van der Waals surface area contributed by atoms with Crippen molar-refractivity contribution in [1.82, 2.24) is 20.5 Å². The normalized spacial score (nSPS) is 16.5. The summed E-state index contributed by atoms with van der Waals surface area (Å²) >= 11 is 0. The van der Waals surface area contributed by atoms with E-state index in [0.29, 0.717) is 12.2 Å². The average molecular weight is 397 g/mol. The van der Waals surface area contributed by atoms with E-state index in [2.05, 4.69) is 61.8 Å². The van der Waals surface area contributed by atoms with Crippen LogP contribution in [0, 0.1) is 0 Å². The molecule has 1 spiro atoms. The van der Waals surface area contributed by atoms with Crippen LogP contribution in [0.15, 0.2) is 67.0 Å². The monoisotopic (exact) mass is 397 g/mol. The molecule has 1 aromatic carbocycles. The maximum Gasteiger partial charge on any atom is 0.272 e. The number of allylic oxidation sites excluding steroid dienone is 1. The summed E-state index contributed by atoms with van der Waals surface area (Å²) in [6.45, 7) is 2.25. The lowest BCUT2D eigenvalue weighted by molar-refractivity contribution is 0.0945. The molecular weight excluding hydrogens is 374 g/mol. The zero-order valence-corrected chi connectivity index (χ0v) is 16.7. The van der Waals surface area contributed by atoms with Crippen molar-refractivity contribution in [1.29, 1.82) is 0 Å². The number of fused-ring (bicyclic) bond motifs is 2. The van der Waals surface area contributed by atoms with Crippen LogP contribution < -0.4 is 10.2 Å². The number of benzene rings is 1. The quantitative estimate of drug-likeness (QED) is 0.731. The molecule has 1 saturated heterocycles. The fourth-order valence-electron chi connectivity index (χ4n) is 4.40. The maximum absolute atomic E-state index is 12.3. The molecule has 0 saturated carbocycles. The van der Waals surface area contributed by atoms with Gasteiger partial charge in [0.1, 0.15) is 0 Å². The first-order valence-corrected chi connectivity index (χ1v) is 10.3. The molecule has 0 bridgehead atoms. The van der Waals surface area contributed by atoms with Gasteiger partial charge in [-0.15, -0.1) is 10.2 Å². The molecular formula is C24H23N5O. The number of carbonyl (C=O) groups excluding carboxylic acids is 1. The van der Waals surface area contributed by atoms with E-state index in [1.807, 2.05) is 18.2 Å². The minimum absolute atomic E-state index is 0.145. The molecule has 5 rings (SSSR count). The van der Waals surface area contributed by atoms with Crippen LogP contribution in [0.4, 0.5) is 5.82 Å². The lowest BCUT2D eigenvalue weighted by atomic mass is 9.74. The second-order valence-electron chi connectivity index (χ2n) is 7.88. The summed E-state index contributed by atoms with van der Waals surface area (Å²) in [5.74, 6) is 0.590. The van der Waals surface area contributed by atoms with E-state index in [4.69, 9.17) is 0 Å². The number of anilines is 1. The van der Waals surface area contributed by atoms with E-state index >= 15 is 0 Å². The molecule has 30 heavy (non-hydrogen) atoms. The Morgan fingerprint density at radius 1 is 1.03 bits per heavy atom. The second-order valence-corrected chi connectivity index (χ2v) is 7.88. The van der Waals surface area contributed by atoms with Crippen LogP contribution in [-0.4, -0.2) is 34.2 Å². The van der Waals surface area contributed by atoms with Gasteiger partial charge in [-0.25, -0.2) is 0 Å². The number of amides is 1. The molecule has 2 aliphatic rings. The van der Waals surface area contributed by atoms with Crippen LogP contribution >= 0.6 is 0 Å². The Balaban J connectivity index is 1.21. The van der Waals surface area contributed by atoms with E-state index in [-0.39, 0.29) is 11.3 Å². The van der Waals surface area contributed by atoms with Gasteiger partial charge in [0.15, 0.2) is 11.5 Å². The minimum atomic E-state index is -0.233. The van der Waals surface area contributed by atoms with Gasteiger partial charge in [0.2, 0.25) is 0 Å². The zero-order valence-electron chi connectivity index (χ0n) is 16.7. The molecule has 2 aromatic heterocycles. The summed E-state index contributed by atoms with van der Waals surface area (Å²) in [5, 5.41) is 11.3. The predicted octanol–water partition coefficient (Wildman–Crippen LogP) is 3.37. The topological polar surface area (TPSA) is 71.0 Å². The summed E-state index contributed by atoms with van der Waals surface area (Å²) in [6, 6.07) is 16.1. The highest BCUT2D eigenvalue weighted by Crippen LogP contribution is 2.43. The lowest BCUT2D eigenvalue weighted by Crippen LogP contribution is -2.41. The molecule has 6 nitrogen and oxygen atoms in total. The Labute approximate surface area is 175 Å². The minimum Gasteiger partial charge on any atom is -0.355 e. The molecule has 0 unspecified atom stereocenters. The Bertz CT molecular complexity index is 1070. The third kappa shape index (κ3) is 3.45. The number of aromatic nitrogens is 3. The van der Waals surface area contributed by atoms with E-state index < -0.39 is 0 Å². The second kappa shape index (κ2) is 7.71. The molecule has 0 atom stereocenters. The zero-order chi connectivity index (χ0) is 20.4. The molecule has 3 heterocycles. The molecule has 1 fully saturated rings. The molecule has 6 heteroatoms. The van der Waals surface area contributed by atoms with Crippen LogP contribution in [0.5, 0.6) is 0 Å². The summed E-state index contributed by atoms with van der Waals surface area (Å²) < 4.78 is 0. The van der Waals surface area contributed by atoms with Crippen molar-refractivity contribution in [3.63, 3.8) is 0 Å². The smallest absolute Gasteiger partial charge is 0.272 e. The van der Waals surface area contributed by atoms with E-state index in [0.717, 1.165) is 37.3 Å². The Kier molecular flexibility index (Phi) is 4.75. The van der Waals surface area contributed by atoms with Crippen molar-refractivity contribution in [2.75, 3.05) is 18.0 Å². The Hall–Kier alpha value is -3.54. The SMILES string of the molecule is O=C(NCc1cccnc1)c1ccc(N2CCC3(C=Cc4ccccc43)CC2)nn1. The van der Waals surface area contributed by atoms with Gasteiger partial charge in [-0.1, -0.05) is 42.5 Å². The summed E-state index contributed by atoms with van der Waals surface area (Å²) in [7, 11) is 0. The molecule has 1 aliphatic carbocycles. The van der Waals surface area contributed by atoms with Crippen LogP contribution in [0.3, 0.4) is 0 Å². The number of nitrogens with zero attached hydrogens (tertiary/aromatic N) is 4. The van der Waals surface area contributed by atoms with Gasteiger partial charge in [-0.3, -0.25) is 9.78 Å².